The average Bonchev–Trinajstić information content (AvgIpc) is 2.37. The van der Waals surface area contributed by atoms with Crippen LogP contribution in [-0.2, 0) is 16.6 Å². The van der Waals surface area contributed by atoms with Crippen molar-refractivity contribution in [2.24, 2.45) is 0 Å². The van der Waals surface area contributed by atoms with E-state index in [1.807, 2.05) is 18.2 Å². The molecule has 108 valence electrons. The minimum atomic E-state index is -3.36. The van der Waals surface area contributed by atoms with Crippen LogP contribution in [0.1, 0.15) is 19.4 Å². The number of benzene rings is 1. The Hall–Kier alpha value is -0.780. The Bertz CT molecular complexity index is 487. The summed E-state index contributed by atoms with van der Waals surface area (Å²) < 4.78 is 26.1. The van der Waals surface area contributed by atoms with Crippen LogP contribution < -0.4 is 4.72 Å². The predicted octanol–water partition coefficient (Wildman–Crippen LogP) is 2.51. The van der Waals surface area contributed by atoms with Gasteiger partial charge in [0.15, 0.2) is 0 Å². The van der Waals surface area contributed by atoms with Gasteiger partial charge in [0, 0.05) is 12.4 Å². The Labute approximate surface area is 120 Å². The van der Waals surface area contributed by atoms with E-state index in [-0.39, 0.29) is 11.6 Å². The van der Waals surface area contributed by atoms with Crippen LogP contribution in [0.3, 0.4) is 0 Å². The van der Waals surface area contributed by atoms with Gasteiger partial charge in [0.25, 0.3) is 0 Å². The van der Waals surface area contributed by atoms with Crippen LogP contribution >= 0.6 is 11.6 Å². The maximum absolute atomic E-state index is 11.8. The molecule has 19 heavy (non-hydrogen) atoms. The standard InChI is InChI=1S/C13H21ClN2O2S/c1-3-16(4-2)11-12-7-5-6-8-13(12)15-19(17,18)10-9-14/h5-8,15H,3-4,9-11H2,1-2H3. The first-order valence-electron chi connectivity index (χ1n) is 6.39. The van der Waals surface area contributed by atoms with E-state index in [4.69, 9.17) is 11.6 Å². The third kappa shape index (κ3) is 5.38. The molecule has 0 fully saturated rings. The van der Waals surface area contributed by atoms with E-state index in [2.05, 4.69) is 23.5 Å². The van der Waals surface area contributed by atoms with Crippen molar-refractivity contribution < 1.29 is 8.42 Å². The minimum absolute atomic E-state index is 0.0752. The number of sulfonamides is 1. The quantitative estimate of drug-likeness (QED) is 0.751. The largest absolute Gasteiger partial charge is 0.300 e. The molecule has 1 aromatic carbocycles. The highest BCUT2D eigenvalue weighted by atomic mass is 35.5. The number of alkyl halides is 1. The van der Waals surface area contributed by atoms with Crippen LogP contribution in [0.2, 0.25) is 0 Å². The molecule has 6 heteroatoms. The van der Waals surface area contributed by atoms with E-state index in [0.29, 0.717) is 5.69 Å². The lowest BCUT2D eigenvalue weighted by Gasteiger charge is -2.20. The molecule has 0 saturated carbocycles. The summed E-state index contributed by atoms with van der Waals surface area (Å²) in [6, 6.07) is 7.46. The van der Waals surface area contributed by atoms with Crippen molar-refractivity contribution >= 4 is 27.3 Å². The molecule has 0 aliphatic rings. The third-order valence-corrected chi connectivity index (χ3v) is 4.60. The normalized spacial score (nSPS) is 11.8. The molecule has 0 saturated heterocycles. The Morgan fingerprint density at radius 1 is 1.21 bits per heavy atom. The lowest BCUT2D eigenvalue weighted by Crippen LogP contribution is -2.24. The Kier molecular flexibility index (Phi) is 6.62. The topological polar surface area (TPSA) is 49.4 Å². The van der Waals surface area contributed by atoms with Gasteiger partial charge in [0.2, 0.25) is 10.0 Å². The molecule has 1 aromatic rings. The molecule has 0 heterocycles. The van der Waals surface area contributed by atoms with Crippen LogP contribution in [0.4, 0.5) is 5.69 Å². The fourth-order valence-corrected chi connectivity index (χ4v) is 3.21. The number of halogens is 1. The number of nitrogens with zero attached hydrogens (tertiary/aromatic N) is 1. The molecule has 0 aromatic heterocycles. The number of para-hydroxylation sites is 1. The van der Waals surface area contributed by atoms with Crippen LogP contribution in [-0.4, -0.2) is 38.0 Å². The molecule has 0 atom stereocenters. The number of rotatable bonds is 8. The van der Waals surface area contributed by atoms with E-state index >= 15 is 0 Å². The van der Waals surface area contributed by atoms with E-state index in [0.717, 1.165) is 25.2 Å². The van der Waals surface area contributed by atoms with Gasteiger partial charge in [-0.1, -0.05) is 32.0 Å². The molecule has 1 rings (SSSR count). The highest BCUT2D eigenvalue weighted by Gasteiger charge is 2.13. The highest BCUT2D eigenvalue weighted by Crippen LogP contribution is 2.18. The predicted molar refractivity (Wildman–Crippen MR) is 81.2 cm³/mol. The zero-order valence-corrected chi connectivity index (χ0v) is 13.0. The first-order chi connectivity index (χ1) is 9.02. The van der Waals surface area contributed by atoms with E-state index in [1.54, 1.807) is 6.07 Å². The molecule has 1 N–H and O–H groups in total. The van der Waals surface area contributed by atoms with Gasteiger partial charge in [0.1, 0.15) is 0 Å². The summed E-state index contributed by atoms with van der Waals surface area (Å²) in [5, 5.41) is 0. The monoisotopic (exact) mass is 304 g/mol. The molecular weight excluding hydrogens is 284 g/mol. The summed E-state index contributed by atoms with van der Waals surface area (Å²) in [5.74, 6) is 0.0156. The van der Waals surface area contributed by atoms with Crippen molar-refractivity contribution in [1.29, 1.82) is 0 Å². The SMILES string of the molecule is CCN(CC)Cc1ccccc1NS(=O)(=O)CCCl. The molecule has 0 unspecified atom stereocenters. The second-order valence-electron chi connectivity index (χ2n) is 4.23. The molecule has 4 nitrogen and oxygen atoms in total. The second-order valence-corrected chi connectivity index (χ2v) is 6.45. The molecule has 0 spiro atoms. The number of hydrogen-bond donors (Lipinski definition) is 1. The Morgan fingerprint density at radius 2 is 1.84 bits per heavy atom. The lowest BCUT2D eigenvalue weighted by molar-refractivity contribution is 0.296. The summed E-state index contributed by atoms with van der Waals surface area (Å²) in [6.07, 6.45) is 0. The van der Waals surface area contributed by atoms with Crippen molar-refractivity contribution in [3.8, 4) is 0 Å². The van der Waals surface area contributed by atoms with Crippen LogP contribution in [0.15, 0.2) is 24.3 Å². The first-order valence-corrected chi connectivity index (χ1v) is 8.57. The van der Waals surface area contributed by atoms with Crippen LogP contribution in [0, 0.1) is 0 Å². The van der Waals surface area contributed by atoms with Gasteiger partial charge in [0.05, 0.1) is 11.4 Å². The van der Waals surface area contributed by atoms with Crippen LogP contribution in [0.5, 0.6) is 0 Å². The van der Waals surface area contributed by atoms with Crippen molar-refractivity contribution in [3.05, 3.63) is 29.8 Å². The van der Waals surface area contributed by atoms with Crippen molar-refractivity contribution in [1.82, 2.24) is 4.90 Å². The number of hydrogen-bond acceptors (Lipinski definition) is 3. The van der Waals surface area contributed by atoms with E-state index in [1.165, 1.54) is 0 Å². The van der Waals surface area contributed by atoms with Gasteiger partial charge in [-0.3, -0.25) is 9.62 Å². The second kappa shape index (κ2) is 7.72. The van der Waals surface area contributed by atoms with Crippen LogP contribution in [0.25, 0.3) is 0 Å². The highest BCUT2D eigenvalue weighted by molar-refractivity contribution is 7.92. The van der Waals surface area contributed by atoms with Crippen molar-refractivity contribution in [3.63, 3.8) is 0 Å². The first kappa shape index (κ1) is 16.3. The maximum Gasteiger partial charge on any atom is 0.233 e. The maximum atomic E-state index is 11.8. The molecule has 0 bridgehead atoms. The number of nitrogens with one attached hydrogen (secondary N) is 1. The Balaban J connectivity index is 2.90. The molecular formula is C13H21ClN2O2S. The zero-order valence-electron chi connectivity index (χ0n) is 11.4. The van der Waals surface area contributed by atoms with Gasteiger partial charge in [-0.15, -0.1) is 11.6 Å². The molecule has 0 radical (unpaired) electrons. The summed E-state index contributed by atoms with van der Waals surface area (Å²) in [7, 11) is -3.36. The van der Waals surface area contributed by atoms with E-state index in [9.17, 15) is 8.42 Å². The number of anilines is 1. The molecule has 0 aliphatic carbocycles. The van der Waals surface area contributed by atoms with Crippen molar-refractivity contribution in [2.75, 3.05) is 29.4 Å². The fourth-order valence-electron chi connectivity index (χ4n) is 1.77. The average molecular weight is 305 g/mol. The van der Waals surface area contributed by atoms with Gasteiger partial charge in [-0.2, -0.15) is 0 Å². The third-order valence-electron chi connectivity index (χ3n) is 2.92. The molecule has 0 amide bonds. The van der Waals surface area contributed by atoms with E-state index < -0.39 is 10.0 Å². The minimum Gasteiger partial charge on any atom is -0.300 e. The van der Waals surface area contributed by atoms with Gasteiger partial charge >= 0.3 is 0 Å². The van der Waals surface area contributed by atoms with Crippen molar-refractivity contribution in [2.45, 2.75) is 20.4 Å². The summed E-state index contributed by atoms with van der Waals surface area (Å²) >= 11 is 5.49. The Morgan fingerprint density at radius 3 is 2.42 bits per heavy atom. The smallest absolute Gasteiger partial charge is 0.233 e. The summed E-state index contributed by atoms with van der Waals surface area (Å²) in [6.45, 7) is 6.76. The fraction of sp³-hybridized carbons (Fsp3) is 0.538. The lowest BCUT2D eigenvalue weighted by atomic mass is 10.1. The van der Waals surface area contributed by atoms with Gasteiger partial charge in [-0.05, 0) is 24.7 Å². The zero-order chi connectivity index (χ0) is 14.3. The van der Waals surface area contributed by atoms with Gasteiger partial charge in [-0.25, -0.2) is 8.42 Å². The summed E-state index contributed by atoms with van der Waals surface area (Å²) in [4.78, 5) is 2.23. The van der Waals surface area contributed by atoms with Gasteiger partial charge < -0.3 is 0 Å². The summed E-state index contributed by atoms with van der Waals surface area (Å²) in [5.41, 5.74) is 1.61. The molecule has 0 aliphatic heterocycles.